The first kappa shape index (κ1) is 18.0. The quantitative estimate of drug-likeness (QED) is 0.480. The minimum atomic E-state index is -0.0220. The highest BCUT2D eigenvalue weighted by Gasteiger charge is 2.30. The van der Waals surface area contributed by atoms with Crippen molar-refractivity contribution in [2.75, 3.05) is 0 Å². The predicted molar refractivity (Wildman–Crippen MR) is 89.0 cm³/mol. The van der Waals surface area contributed by atoms with Gasteiger partial charge in [0.05, 0.1) is 6.10 Å². The van der Waals surface area contributed by atoms with Crippen LogP contribution in [0.4, 0.5) is 0 Å². The van der Waals surface area contributed by atoms with Gasteiger partial charge in [-0.1, -0.05) is 72.1 Å². The van der Waals surface area contributed by atoms with Crippen molar-refractivity contribution in [3.8, 4) is 0 Å². The van der Waals surface area contributed by atoms with E-state index >= 15 is 0 Å². The Bertz CT molecular complexity index is 224. The third kappa shape index (κ3) is 7.67. The second-order valence-electron chi connectivity index (χ2n) is 7.83. The molecule has 1 unspecified atom stereocenters. The third-order valence-corrected chi connectivity index (χ3v) is 5.28. The first-order valence-corrected chi connectivity index (χ1v) is 9.23. The van der Waals surface area contributed by atoms with Crippen LogP contribution in [0.25, 0.3) is 0 Å². The molecule has 1 fully saturated rings. The molecule has 0 aliphatic heterocycles. The van der Waals surface area contributed by atoms with Crippen LogP contribution in [-0.4, -0.2) is 11.2 Å². The van der Waals surface area contributed by atoms with E-state index in [4.69, 9.17) is 0 Å². The summed E-state index contributed by atoms with van der Waals surface area (Å²) in [6, 6.07) is 0. The summed E-state index contributed by atoms with van der Waals surface area (Å²) in [6.07, 6.45) is 17.0. The average molecular weight is 283 g/mol. The van der Waals surface area contributed by atoms with Crippen molar-refractivity contribution in [2.24, 2.45) is 11.3 Å². The molecular weight excluding hydrogens is 244 g/mol. The SMILES string of the molecule is CCCCCCCCCCC(O)C1CCC(C)(C)CC1. The summed E-state index contributed by atoms with van der Waals surface area (Å²) in [4.78, 5) is 0. The van der Waals surface area contributed by atoms with Crippen LogP contribution in [0.1, 0.15) is 104 Å². The lowest BCUT2D eigenvalue weighted by Gasteiger charge is -2.36. The fourth-order valence-corrected chi connectivity index (χ4v) is 3.53. The summed E-state index contributed by atoms with van der Waals surface area (Å²) in [6.45, 7) is 7.01. The Balaban J connectivity index is 1.96. The monoisotopic (exact) mass is 282 g/mol. The van der Waals surface area contributed by atoms with Gasteiger partial charge in [0, 0.05) is 0 Å². The number of hydrogen-bond acceptors (Lipinski definition) is 1. The van der Waals surface area contributed by atoms with Gasteiger partial charge in [0.1, 0.15) is 0 Å². The smallest absolute Gasteiger partial charge is 0.0568 e. The molecule has 0 heterocycles. The molecule has 0 bridgehead atoms. The minimum absolute atomic E-state index is 0.0220. The van der Waals surface area contributed by atoms with E-state index in [1.165, 1.54) is 77.0 Å². The minimum Gasteiger partial charge on any atom is -0.393 e. The van der Waals surface area contributed by atoms with E-state index in [0.29, 0.717) is 11.3 Å². The van der Waals surface area contributed by atoms with E-state index in [0.717, 1.165) is 6.42 Å². The molecule has 1 saturated carbocycles. The molecule has 0 amide bonds. The molecule has 1 aliphatic carbocycles. The van der Waals surface area contributed by atoms with E-state index < -0.39 is 0 Å². The summed E-state index contributed by atoms with van der Waals surface area (Å²) in [5.41, 5.74) is 0.523. The number of unbranched alkanes of at least 4 members (excludes halogenated alkanes) is 7. The topological polar surface area (TPSA) is 20.2 Å². The second kappa shape index (κ2) is 9.82. The Labute approximate surface area is 127 Å². The molecule has 1 N–H and O–H groups in total. The standard InChI is InChI=1S/C19H38O/c1-4-5-6-7-8-9-10-11-12-18(20)17-13-15-19(2,3)16-14-17/h17-18,20H,4-16H2,1-3H3. The van der Waals surface area contributed by atoms with Gasteiger partial charge in [-0.2, -0.15) is 0 Å². The lowest BCUT2D eigenvalue weighted by atomic mass is 9.71. The zero-order valence-corrected chi connectivity index (χ0v) is 14.3. The van der Waals surface area contributed by atoms with Gasteiger partial charge in [-0.3, -0.25) is 0 Å². The summed E-state index contributed by atoms with van der Waals surface area (Å²) < 4.78 is 0. The number of aliphatic hydroxyl groups excluding tert-OH is 1. The Hall–Kier alpha value is -0.0400. The molecule has 1 rings (SSSR count). The zero-order valence-electron chi connectivity index (χ0n) is 14.3. The maximum Gasteiger partial charge on any atom is 0.0568 e. The molecule has 1 atom stereocenters. The highest BCUT2D eigenvalue weighted by atomic mass is 16.3. The van der Waals surface area contributed by atoms with Crippen molar-refractivity contribution >= 4 is 0 Å². The van der Waals surface area contributed by atoms with Gasteiger partial charge in [-0.05, 0) is 43.4 Å². The van der Waals surface area contributed by atoms with Crippen LogP contribution in [0.5, 0.6) is 0 Å². The summed E-state index contributed by atoms with van der Waals surface area (Å²) in [5, 5.41) is 10.3. The number of aliphatic hydroxyl groups is 1. The molecule has 0 spiro atoms. The fraction of sp³-hybridized carbons (Fsp3) is 1.00. The van der Waals surface area contributed by atoms with Crippen LogP contribution in [0.2, 0.25) is 0 Å². The van der Waals surface area contributed by atoms with E-state index in [-0.39, 0.29) is 6.10 Å². The van der Waals surface area contributed by atoms with Gasteiger partial charge in [0.25, 0.3) is 0 Å². The molecule has 1 heteroatoms. The predicted octanol–water partition coefficient (Wildman–Crippen LogP) is 6.09. The second-order valence-corrected chi connectivity index (χ2v) is 7.83. The normalized spacial score (nSPS) is 21.0. The highest BCUT2D eigenvalue weighted by Crippen LogP contribution is 2.39. The Morgan fingerprint density at radius 3 is 1.95 bits per heavy atom. The molecule has 0 saturated heterocycles. The molecule has 1 aliphatic rings. The van der Waals surface area contributed by atoms with Crippen molar-refractivity contribution in [1.82, 2.24) is 0 Å². The van der Waals surface area contributed by atoms with Crippen molar-refractivity contribution in [3.63, 3.8) is 0 Å². The number of rotatable bonds is 10. The molecule has 0 aromatic rings. The third-order valence-electron chi connectivity index (χ3n) is 5.28. The van der Waals surface area contributed by atoms with Crippen LogP contribution < -0.4 is 0 Å². The van der Waals surface area contributed by atoms with E-state index in [9.17, 15) is 5.11 Å². The van der Waals surface area contributed by atoms with Gasteiger partial charge in [-0.25, -0.2) is 0 Å². The lowest BCUT2D eigenvalue weighted by molar-refractivity contribution is 0.0497. The Kier molecular flexibility index (Phi) is 8.84. The first-order chi connectivity index (χ1) is 9.55. The molecule has 20 heavy (non-hydrogen) atoms. The van der Waals surface area contributed by atoms with Crippen LogP contribution in [0.3, 0.4) is 0 Å². The van der Waals surface area contributed by atoms with E-state index in [1.807, 2.05) is 0 Å². The highest BCUT2D eigenvalue weighted by molar-refractivity contribution is 4.81. The largest absolute Gasteiger partial charge is 0.393 e. The molecule has 120 valence electrons. The van der Waals surface area contributed by atoms with Crippen LogP contribution in [0, 0.1) is 11.3 Å². The zero-order chi connectivity index (χ0) is 14.8. The Morgan fingerprint density at radius 1 is 0.900 bits per heavy atom. The lowest BCUT2D eigenvalue weighted by Crippen LogP contribution is -2.29. The van der Waals surface area contributed by atoms with Crippen molar-refractivity contribution < 1.29 is 5.11 Å². The van der Waals surface area contributed by atoms with Crippen molar-refractivity contribution in [1.29, 1.82) is 0 Å². The van der Waals surface area contributed by atoms with Crippen LogP contribution in [-0.2, 0) is 0 Å². The van der Waals surface area contributed by atoms with Gasteiger partial charge in [0.2, 0.25) is 0 Å². The maximum atomic E-state index is 10.3. The number of hydrogen-bond donors (Lipinski definition) is 1. The summed E-state index contributed by atoms with van der Waals surface area (Å²) in [7, 11) is 0. The summed E-state index contributed by atoms with van der Waals surface area (Å²) in [5.74, 6) is 0.590. The molecule has 1 nitrogen and oxygen atoms in total. The van der Waals surface area contributed by atoms with E-state index in [2.05, 4.69) is 20.8 Å². The van der Waals surface area contributed by atoms with Crippen molar-refractivity contribution in [2.45, 2.75) is 110 Å². The Morgan fingerprint density at radius 2 is 1.40 bits per heavy atom. The molecule has 0 aromatic carbocycles. The van der Waals surface area contributed by atoms with Gasteiger partial charge < -0.3 is 5.11 Å². The van der Waals surface area contributed by atoms with Gasteiger partial charge in [-0.15, -0.1) is 0 Å². The van der Waals surface area contributed by atoms with Crippen LogP contribution in [0.15, 0.2) is 0 Å². The molecule has 0 aromatic heterocycles. The molecular formula is C19H38O. The van der Waals surface area contributed by atoms with E-state index in [1.54, 1.807) is 0 Å². The molecule has 0 radical (unpaired) electrons. The van der Waals surface area contributed by atoms with Crippen LogP contribution >= 0.6 is 0 Å². The first-order valence-electron chi connectivity index (χ1n) is 9.23. The van der Waals surface area contributed by atoms with Gasteiger partial charge >= 0.3 is 0 Å². The maximum absolute atomic E-state index is 10.3. The van der Waals surface area contributed by atoms with Crippen molar-refractivity contribution in [3.05, 3.63) is 0 Å². The summed E-state index contributed by atoms with van der Waals surface area (Å²) >= 11 is 0. The fourth-order valence-electron chi connectivity index (χ4n) is 3.53. The average Bonchev–Trinajstić information content (AvgIpc) is 2.41. The van der Waals surface area contributed by atoms with Gasteiger partial charge in [0.15, 0.2) is 0 Å².